The van der Waals surface area contributed by atoms with Crippen LogP contribution in [0.2, 0.25) is 0 Å². The molecule has 0 fully saturated rings. The Morgan fingerprint density at radius 1 is 1.53 bits per heavy atom. The summed E-state index contributed by atoms with van der Waals surface area (Å²) in [6, 6.07) is 4.40. The second-order valence-electron chi connectivity index (χ2n) is 3.42. The molecule has 3 nitrogen and oxygen atoms in total. The molecule has 5 heteroatoms. The normalized spacial score (nSPS) is 18.8. The van der Waals surface area contributed by atoms with Crippen LogP contribution < -0.4 is 11.1 Å². The van der Waals surface area contributed by atoms with Crippen molar-refractivity contribution in [2.24, 2.45) is 5.73 Å². The number of hydrogen-bond donors (Lipinski definition) is 2. The molecule has 0 aliphatic carbocycles. The zero-order valence-corrected chi connectivity index (χ0v) is 8.81. The summed E-state index contributed by atoms with van der Waals surface area (Å²) in [5.41, 5.74) is 7.02. The van der Waals surface area contributed by atoms with E-state index in [2.05, 4.69) is 5.32 Å². The largest absolute Gasteiger partial charge is 0.330 e. The Morgan fingerprint density at radius 2 is 2.27 bits per heavy atom. The minimum Gasteiger partial charge on any atom is -0.330 e. The van der Waals surface area contributed by atoms with Crippen molar-refractivity contribution in [3.63, 3.8) is 0 Å². The summed E-state index contributed by atoms with van der Waals surface area (Å²) in [4.78, 5) is 11.2. The van der Waals surface area contributed by atoms with Crippen LogP contribution in [0.5, 0.6) is 0 Å². The first kappa shape index (κ1) is 11.9. The van der Waals surface area contributed by atoms with Crippen LogP contribution in [0.3, 0.4) is 0 Å². The summed E-state index contributed by atoms with van der Waals surface area (Å²) in [5, 5.41) is 2.63. The van der Waals surface area contributed by atoms with Crippen LogP contribution in [0, 0.1) is 5.82 Å². The molecular weight excluding hydrogens is 219 g/mol. The van der Waals surface area contributed by atoms with Gasteiger partial charge in [0.25, 0.3) is 0 Å². The molecule has 0 bridgehead atoms. The molecule has 82 valence electrons. The number of nitrogens with one attached hydrogen (secondary N) is 1. The van der Waals surface area contributed by atoms with Crippen LogP contribution >= 0.6 is 12.4 Å². The predicted octanol–water partition coefficient (Wildman–Crippen LogP) is 1.63. The van der Waals surface area contributed by atoms with E-state index in [1.807, 2.05) is 0 Å². The number of benzene rings is 1. The van der Waals surface area contributed by atoms with E-state index in [0.29, 0.717) is 18.7 Å². The lowest BCUT2D eigenvalue weighted by Crippen LogP contribution is -2.27. The maximum atomic E-state index is 12.9. The Kier molecular flexibility index (Phi) is 3.66. The van der Waals surface area contributed by atoms with E-state index in [4.69, 9.17) is 5.73 Å². The number of fused-ring (bicyclic) bond motifs is 1. The smallest absolute Gasteiger partial charge is 0.225 e. The fourth-order valence-electron chi connectivity index (χ4n) is 1.74. The van der Waals surface area contributed by atoms with E-state index >= 15 is 0 Å². The van der Waals surface area contributed by atoms with Crippen molar-refractivity contribution >= 4 is 24.0 Å². The highest BCUT2D eigenvalue weighted by atomic mass is 35.5. The lowest BCUT2D eigenvalue weighted by molar-refractivity contribution is -0.116. The molecule has 1 aromatic carbocycles. The third-order valence-electron chi connectivity index (χ3n) is 2.45. The van der Waals surface area contributed by atoms with Crippen LogP contribution in [-0.2, 0) is 4.79 Å². The van der Waals surface area contributed by atoms with Gasteiger partial charge in [-0.15, -0.1) is 12.4 Å². The lowest BCUT2D eigenvalue weighted by atomic mass is 9.91. The van der Waals surface area contributed by atoms with Crippen LogP contribution in [0.4, 0.5) is 10.1 Å². The highest BCUT2D eigenvalue weighted by Gasteiger charge is 2.23. The minimum atomic E-state index is -0.346. The number of nitrogens with two attached hydrogens (primary N) is 1. The van der Waals surface area contributed by atoms with Crippen LogP contribution in [0.25, 0.3) is 0 Å². The number of amides is 1. The quantitative estimate of drug-likeness (QED) is 0.771. The maximum Gasteiger partial charge on any atom is 0.225 e. The van der Waals surface area contributed by atoms with Gasteiger partial charge in [-0.2, -0.15) is 0 Å². The van der Waals surface area contributed by atoms with Gasteiger partial charge in [0.2, 0.25) is 5.91 Å². The van der Waals surface area contributed by atoms with E-state index in [1.165, 1.54) is 12.1 Å². The zero-order valence-electron chi connectivity index (χ0n) is 8.00. The highest BCUT2D eigenvalue weighted by molar-refractivity contribution is 5.94. The third-order valence-corrected chi connectivity index (χ3v) is 2.45. The Balaban J connectivity index is 0.00000112. The predicted molar refractivity (Wildman–Crippen MR) is 58.7 cm³/mol. The molecule has 0 saturated carbocycles. The van der Waals surface area contributed by atoms with Crippen molar-refractivity contribution in [1.29, 1.82) is 0 Å². The molecule has 1 atom stereocenters. The van der Waals surface area contributed by atoms with Gasteiger partial charge in [-0.25, -0.2) is 4.39 Å². The van der Waals surface area contributed by atoms with E-state index in [9.17, 15) is 9.18 Å². The molecular formula is C10H12ClFN2O. The summed E-state index contributed by atoms with van der Waals surface area (Å²) in [6.45, 7) is 0.409. The first-order valence-corrected chi connectivity index (χ1v) is 4.50. The monoisotopic (exact) mass is 230 g/mol. The van der Waals surface area contributed by atoms with Gasteiger partial charge in [-0.3, -0.25) is 4.79 Å². The van der Waals surface area contributed by atoms with Gasteiger partial charge in [-0.05, 0) is 24.2 Å². The molecule has 1 unspecified atom stereocenters. The number of hydrogen-bond acceptors (Lipinski definition) is 2. The third kappa shape index (κ3) is 2.27. The van der Waals surface area contributed by atoms with Crippen LogP contribution in [0.15, 0.2) is 18.2 Å². The molecule has 15 heavy (non-hydrogen) atoms. The molecule has 0 radical (unpaired) electrons. The summed E-state index contributed by atoms with van der Waals surface area (Å²) in [5.74, 6) is -0.431. The molecule has 1 heterocycles. The SMILES string of the molecule is Cl.NCC1CC(=O)Nc2cc(F)ccc21. The molecule has 2 rings (SSSR count). The number of anilines is 1. The van der Waals surface area contributed by atoms with Crippen molar-refractivity contribution in [1.82, 2.24) is 0 Å². The standard InChI is InChI=1S/C10H11FN2O.ClH/c11-7-1-2-8-6(5-12)3-10(14)13-9(8)4-7;/h1-2,4,6H,3,5,12H2,(H,13,14);1H. The van der Waals surface area contributed by atoms with E-state index < -0.39 is 0 Å². The lowest BCUT2D eigenvalue weighted by Gasteiger charge is -2.24. The second-order valence-corrected chi connectivity index (χ2v) is 3.42. The molecule has 0 saturated heterocycles. The molecule has 1 aromatic rings. The fraction of sp³-hybridized carbons (Fsp3) is 0.300. The van der Waals surface area contributed by atoms with Gasteiger partial charge in [0.1, 0.15) is 5.82 Å². The van der Waals surface area contributed by atoms with Gasteiger partial charge < -0.3 is 11.1 Å². The van der Waals surface area contributed by atoms with Crippen molar-refractivity contribution in [2.45, 2.75) is 12.3 Å². The molecule has 0 aromatic heterocycles. The first-order valence-electron chi connectivity index (χ1n) is 4.50. The molecule has 1 aliphatic heterocycles. The molecule has 1 amide bonds. The molecule has 1 aliphatic rings. The first-order chi connectivity index (χ1) is 6.70. The maximum absolute atomic E-state index is 12.9. The van der Waals surface area contributed by atoms with Crippen molar-refractivity contribution in [2.75, 3.05) is 11.9 Å². The Bertz CT molecular complexity index is 384. The average molecular weight is 231 g/mol. The molecule has 0 spiro atoms. The summed E-state index contributed by atoms with van der Waals surface area (Å²) < 4.78 is 12.9. The number of halogens is 2. The van der Waals surface area contributed by atoms with Gasteiger partial charge in [0, 0.05) is 18.0 Å². The van der Waals surface area contributed by atoms with Crippen molar-refractivity contribution < 1.29 is 9.18 Å². The van der Waals surface area contributed by atoms with Crippen LogP contribution in [0.1, 0.15) is 17.9 Å². The zero-order chi connectivity index (χ0) is 10.1. The number of carbonyl (C=O) groups is 1. The van der Waals surface area contributed by atoms with Crippen molar-refractivity contribution in [3.05, 3.63) is 29.6 Å². The minimum absolute atomic E-state index is 0. The second kappa shape index (κ2) is 4.59. The number of rotatable bonds is 1. The van der Waals surface area contributed by atoms with Gasteiger partial charge in [0.05, 0.1) is 0 Å². The Labute approximate surface area is 93.3 Å². The average Bonchev–Trinajstić information content (AvgIpc) is 2.15. The topological polar surface area (TPSA) is 55.1 Å². The Morgan fingerprint density at radius 3 is 2.93 bits per heavy atom. The Hall–Kier alpha value is -1.13. The summed E-state index contributed by atoms with van der Waals surface area (Å²) in [6.07, 6.45) is 0.384. The van der Waals surface area contributed by atoms with Crippen LogP contribution in [-0.4, -0.2) is 12.5 Å². The van der Waals surface area contributed by atoms with E-state index in [0.717, 1.165) is 5.56 Å². The summed E-state index contributed by atoms with van der Waals surface area (Å²) in [7, 11) is 0. The number of carbonyl (C=O) groups excluding carboxylic acids is 1. The van der Waals surface area contributed by atoms with Gasteiger partial charge in [-0.1, -0.05) is 6.07 Å². The van der Waals surface area contributed by atoms with E-state index in [1.54, 1.807) is 6.07 Å². The van der Waals surface area contributed by atoms with E-state index in [-0.39, 0.29) is 30.0 Å². The molecule has 3 N–H and O–H groups in total. The van der Waals surface area contributed by atoms with Gasteiger partial charge in [0.15, 0.2) is 0 Å². The highest BCUT2D eigenvalue weighted by Crippen LogP contribution is 2.31. The van der Waals surface area contributed by atoms with Gasteiger partial charge >= 0.3 is 0 Å². The fourth-order valence-corrected chi connectivity index (χ4v) is 1.74. The van der Waals surface area contributed by atoms with Crippen molar-refractivity contribution in [3.8, 4) is 0 Å². The summed E-state index contributed by atoms with van der Waals surface area (Å²) >= 11 is 0.